The number of nitrogens with one attached hydrogen (secondary N) is 1. The van der Waals surface area contributed by atoms with Crippen molar-refractivity contribution in [1.82, 2.24) is 5.32 Å². The number of fused-ring (bicyclic) bond motifs is 1. The lowest BCUT2D eigenvalue weighted by molar-refractivity contribution is -0.123. The van der Waals surface area contributed by atoms with Gasteiger partial charge in [0.1, 0.15) is 6.04 Å². The molecule has 0 saturated carbocycles. The van der Waals surface area contributed by atoms with Crippen molar-refractivity contribution in [3.8, 4) is 0 Å². The molecule has 2 heterocycles. The van der Waals surface area contributed by atoms with Gasteiger partial charge in [0.05, 0.1) is 13.2 Å². The molecule has 3 rings (SSSR count). The Kier molecular flexibility index (Phi) is 3.37. The normalized spacial score (nSPS) is 22.9. The first-order valence-corrected chi connectivity index (χ1v) is 6.96. The number of hydrogen-bond acceptors (Lipinski definition) is 3. The van der Waals surface area contributed by atoms with Crippen molar-refractivity contribution in [2.75, 3.05) is 31.2 Å². The number of amides is 1. The molecule has 0 aromatic heterocycles. The van der Waals surface area contributed by atoms with E-state index in [2.05, 4.69) is 27.3 Å². The summed E-state index contributed by atoms with van der Waals surface area (Å²) in [6.45, 7) is 2.68. The maximum absolute atomic E-state index is 12.4. The van der Waals surface area contributed by atoms with E-state index in [1.54, 1.807) is 0 Å². The zero-order valence-corrected chi connectivity index (χ0v) is 11.6. The quantitative estimate of drug-likeness (QED) is 0.851. The second-order valence-corrected chi connectivity index (χ2v) is 5.51. The van der Waals surface area contributed by atoms with Crippen LogP contribution in [0.5, 0.6) is 0 Å². The molecule has 1 unspecified atom stereocenters. The Morgan fingerprint density at radius 1 is 1.50 bits per heavy atom. The Balaban J connectivity index is 1.80. The molecule has 1 aromatic carbocycles. The van der Waals surface area contributed by atoms with Gasteiger partial charge in [0, 0.05) is 23.2 Å². The Morgan fingerprint density at radius 3 is 3.17 bits per heavy atom. The molecule has 1 N–H and O–H groups in total. The van der Waals surface area contributed by atoms with Gasteiger partial charge in [0.15, 0.2) is 0 Å². The lowest BCUT2D eigenvalue weighted by Gasteiger charge is -2.27. The van der Waals surface area contributed by atoms with Crippen LogP contribution in [0.3, 0.4) is 0 Å². The van der Waals surface area contributed by atoms with Gasteiger partial charge in [-0.2, -0.15) is 0 Å². The summed E-state index contributed by atoms with van der Waals surface area (Å²) in [5.74, 6) is 0.121. The summed E-state index contributed by atoms with van der Waals surface area (Å²) in [5.41, 5.74) is 2.27. The van der Waals surface area contributed by atoms with Crippen LogP contribution in [0.25, 0.3) is 0 Å². The first kappa shape index (κ1) is 12.1. The third-order valence-corrected chi connectivity index (χ3v) is 3.92. The minimum absolute atomic E-state index is 0.121. The van der Waals surface area contributed by atoms with Gasteiger partial charge >= 0.3 is 0 Å². The summed E-state index contributed by atoms with van der Waals surface area (Å²) in [6, 6.07) is 5.88. The highest BCUT2D eigenvalue weighted by atomic mass is 79.9. The maximum Gasteiger partial charge on any atom is 0.246 e. The molecule has 1 amide bonds. The van der Waals surface area contributed by atoms with Crippen molar-refractivity contribution in [3.63, 3.8) is 0 Å². The number of carbonyl (C=O) groups is 1. The van der Waals surface area contributed by atoms with Crippen molar-refractivity contribution in [1.29, 1.82) is 0 Å². The first-order chi connectivity index (χ1) is 8.75. The summed E-state index contributed by atoms with van der Waals surface area (Å²) in [5, 5.41) is 3.21. The van der Waals surface area contributed by atoms with Gasteiger partial charge in [-0.25, -0.2) is 0 Å². The predicted octanol–water partition coefficient (Wildman–Crippen LogP) is 1.33. The summed E-state index contributed by atoms with van der Waals surface area (Å²) in [4.78, 5) is 14.3. The number of nitrogens with zero attached hydrogens (tertiary/aromatic N) is 1. The second-order valence-electron chi connectivity index (χ2n) is 4.59. The van der Waals surface area contributed by atoms with E-state index in [1.165, 1.54) is 5.56 Å². The number of ether oxygens (including phenoxy) is 1. The van der Waals surface area contributed by atoms with E-state index in [0.29, 0.717) is 13.2 Å². The average molecular weight is 311 g/mol. The van der Waals surface area contributed by atoms with Crippen LogP contribution >= 0.6 is 15.9 Å². The molecule has 1 fully saturated rings. The summed E-state index contributed by atoms with van der Waals surface area (Å²) in [6.07, 6.45) is 0.925. The van der Waals surface area contributed by atoms with E-state index >= 15 is 0 Å². The van der Waals surface area contributed by atoms with Gasteiger partial charge < -0.3 is 15.0 Å². The molecule has 4 nitrogen and oxygen atoms in total. The molecular formula is C13H15BrN2O2. The molecule has 1 atom stereocenters. The monoisotopic (exact) mass is 310 g/mol. The van der Waals surface area contributed by atoms with E-state index in [9.17, 15) is 4.79 Å². The molecule has 0 bridgehead atoms. The Morgan fingerprint density at radius 2 is 2.39 bits per heavy atom. The van der Waals surface area contributed by atoms with E-state index in [1.807, 2.05) is 17.0 Å². The van der Waals surface area contributed by atoms with Gasteiger partial charge in [-0.05, 0) is 30.2 Å². The van der Waals surface area contributed by atoms with Crippen LogP contribution in [0.1, 0.15) is 5.56 Å². The summed E-state index contributed by atoms with van der Waals surface area (Å²) >= 11 is 3.46. The van der Waals surface area contributed by atoms with Crippen molar-refractivity contribution in [2.24, 2.45) is 0 Å². The second kappa shape index (κ2) is 4.99. The molecule has 1 saturated heterocycles. The fraction of sp³-hybridized carbons (Fsp3) is 0.462. The number of hydrogen-bond donors (Lipinski definition) is 1. The smallest absolute Gasteiger partial charge is 0.246 e. The molecule has 2 aliphatic heterocycles. The van der Waals surface area contributed by atoms with E-state index in [-0.39, 0.29) is 11.9 Å². The van der Waals surface area contributed by atoms with Gasteiger partial charge in [-0.15, -0.1) is 0 Å². The number of benzene rings is 1. The zero-order valence-electron chi connectivity index (χ0n) is 9.99. The zero-order chi connectivity index (χ0) is 12.5. The van der Waals surface area contributed by atoms with Crippen LogP contribution < -0.4 is 10.2 Å². The lowest BCUT2D eigenvalue weighted by Crippen LogP contribution is -2.52. The summed E-state index contributed by atoms with van der Waals surface area (Å²) < 4.78 is 6.42. The van der Waals surface area contributed by atoms with Crippen LogP contribution in [-0.4, -0.2) is 38.3 Å². The lowest BCUT2D eigenvalue weighted by atomic mass is 10.2. The van der Waals surface area contributed by atoms with Crippen LogP contribution in [0, 0.1) is 0 Å². The van der Waals surface area contributed by atoms with Crippen LogP contribution in [0.15, 0.2) is 22.7 Å². The Labute approximate surface area is 114 Å². The molecule has 0 spiro atoms. The molecule has 0 radical (unpaired) electrons. The van der Waals surface area contributed by atoms with Crippen LogP contribution in [0.4, 0.5) is 5.69 Å². The Hall–Kier alpha value is -0.910. The largest absolute Gasteiger partial charge is 0.378 e. The van der Waals surface area contributed by atoms with Crippen LogP contribution in [0.2, 0.25) is 0 Å². The van der Waals surface area contributed by atoms with Gasteiger partial charge in [-0.3, -0.25) is 4.79 Å². The average Bonchev–Trinajstić information content (AvgIpc) is 2.81. The van der Waals surface area contributed by atoms with Gasteiger partial charge in [0.25, 0.3) is 0 Å². The topological polar surface area (TPSA) is 41.6 Å². The third-order valence-electron chi connectivity index (χ3n) is 3.42. The molecule has 2 aliphatic rings. The Bertz CT molecular complexity index is 472. The highest BCUT2D eigenvalue weighted by Gasteiger charge is 2.31. The number of rotatable bonds is 1. The fourth-order valence-electron chi connectivity index (χ4n) is 2.51. The third kappa shape index (κ3) is 2.18. The summed E-state index contributed by atoms with van der Waals surface area (Å²) in [7, 11) is 0. The number of morpholine rings is 1. The standard InChI is InChI=1S/C13H15BrN2O2/c14-10-1-2-12-9(7-10)3-5-16(12)13(17)11-8-18-6-4-15-11/h1-2,7,11,15H,3-6,8H2. The minimum atomic E-state index is -0.201. The molecule has 18 heavy (non-hydrogen) atoms. The van der Waals surface area contributed by atoms with E-state index in [0.717, 1.165) is 29.7 Å². The van der Waals surface area contributed by atoms with Crippen molar-refractivity contribution in [2.45, 2.75) is 12.5 Å². The molecule has 1 aromatic rings. The maximum atomic E-state index is 12.4. The van der Waals surface area contributed by atoms with Crippen molar-refractivity contribution < 1.29 is 9.53 Å². The molecule has 0 aliphatic carbocycles. The van der Waals surface area contributed by atoms with Crippen molar-refractivity contribution in [3.05, 3.63) is 28.2 Å². The first-order valence-electron chi connectivity index (χ1n) is 6.16. The number of anilines is 1. The van der Waals surface area contributed by atoms with E-state index in [4.69, 9.17) is 4.74 Å². The van der Waals surface area contributed by atoms with E-state index < -0.39 is 0 Å². The SMILES string of the molecule is O=C(C1COCCN1)N1CCc2cc(Br)ccc21. The van der Waals surface area contributed by atoms with Gasteiger partial charge in [0.2, 0.25) is 5.91 Å². The highest BCUT2D eigenvalue weighted by Crippen LogP contribution is 2.31. The van der Waals surface area contributed by atoms with Crippen LogP contribution in [-0.2, 0) is 16.0 Å². The minimum Gasteiger partial charge on any atom is -0.378 e. The number of halogens is 1. The highest BCUT2D eigenvalue weighted by molar-refractivity contribution is 9.10. The predicted molar refractivity (Wildman–Crippen MR) is 72.8 cm³/mol. The van der Waals surface area contributed by atoms with Crippen molar-refractivity contribution >= 4 is 27.5 Å². The van der Waals surface area contributed by atoms with Gasteiger partial charge in [-0.1, -0.05) is 15.9 Å². The number of carbonyl (C=O) groups excluding carboxylic acids is 1. The molecular weight excluding hydrogens is 296 g/mol. The molecule has 96 valence electrons. The fourth-order valence-corrected chi connectivity index (χ4v) is 2.92. The molecule has 5 heteroatoms.